The number of hydrogen-bond acceptors (Lipinski definition) is 4. The zero-order chi connectivity index (χ0) is 19.6. The molecular weight excluding hydrogens is 358 g/mol. The number of aromatic nitrogens is 1. The summed E-state index contributed by atoms with van der Waals surface area (Å²) in [5, 5.41) is 9.47. The van der Waals surface area contributed by atoms with E-state index in [0.717, 1.165) is 23.5 Å². The molecule has 1 heterocycles. The highest BCUT2D eigenvalue weighted by atomic mass is 32.1. The summed E-state index contributed by atoms with van der Waals surface area (Å²) in [7, 11) is 0. The van der Waals surface area contributed by atoms with Crippen LogP contribution in [0.3, 0.4) is 0 Å². The van der Waals surface area contributed by atoms with Crippen LogP contribution in [-0.2, 0) is 11.3 Å². The lowest BCUT2D eigenvalue weighted by Gasteiger charge is -2.15. The summed E-state index contributed by atoms with van der Waals surface area (Å²) in [4.78, 5) is 25.2. The molecule has 0 spiro atoms. The highest BCUT2D eigenvalue weighted by molar-refractivity contribution is 7.07. The smallest absolute Gasteiger partial charge is 0.269 e. The molecule has 0 saturated heterocycles. The molecule has 1 aromatic carbocycles. The summed E-state index contributed by atoms with van der Waals surface area (Å²) >= 11 is 0.991. The second-order valence-electron chi connectivity index (χ2n) is 6.70. The normalized spacial score (nSPS) is 13.5. The van der Waals surface area contributed by atoms with Gasteiger partial charge in [-0.15, -0.1) is 11.3 Å². The summed E-state index contributed by atoms with van der Waals surface area (Å²) in [6.45, 7) is 7.10. The first kappa shape index (κ1) is 19.7. The molecule has 2 aromatic rings. The van der Waals surface area contributed by atoms with Gasteiger partial charge in [0, 0.05) is 12.0 Å². The Hall–Kier alpha value is -2.59. The molecule has 1 aromatic heterocycles. The van der Waals surface area contributed by atoms with E-state index in [9.17, 15) is 23.6 Å². The van der Waals surface area contributed by atoms with Crippen molar-refractivity contribution in [3.8, 4) is 6.07 Å². The third-order valence-corrected chi connectivity index (χ3v) is 4.83. The zero-order valence-electron chi connectivity index (χ0n) is 14.9. The molecule has 136 valence electrons. The van der Waals surface area contributed by atoms with E-state index in [1.54, 1.807) is 27.7 Å². The predicted octanol–water partition coefficient (Wildman–Crippen LogP) is 2.33. The predicted molar refractivity (Wildman–Crippen MR) is 96.9 cm³/mol. The molecule has 26 heavy (non-hydrogen) atoms. The summed E-state index contributed by atoms with van der Waals surface area (Å²) in [5.74, 6) is -2.35. The molecule has 0 atom stereocenters. The fourth-order valence-corrected chi connectivity index (χ4v) is 3.48. The minimum Gasteiger partial charge on any atom is -0.298 e. The SMILES string of the molecule is CCn1c(=C(C#N)C(=O)C(C)(C)C)sc(=Cc2ccc(F)c(F)c2)c1=O. The molecule has 0 unspecified atom stereocenters. The number of Topliss-reactive ketones (excluding diaryl/α,β-unsaturated/α-hetero) is 1. The number of rotatable bonds is 3. The number of benzene rings is 1. The second-order valence-corrected chi connectivity index (χ2v) is 7.74. The zero-order valence-corrected chi connectivity index (χ0v) is 15.7. The monoisotopic (exact) mass is 376 g/mol. The van der Waals surface area contributed by atoms with Crippen LogP contribution in [0.15, 0.2) is 23.0 Å². The molecule has 0 bridgehead atoms. The van der Waals surface area contributed by atoms with Crippen molar-refractivity contribution in [2.24, 2.45) is 5.41 Å². The molecule has 0 aliphatic carbocycles. The summed E-state index contributed by atoms with van der Waals surface area (Å²) in [6.07, 6.45) is 1.42. The number of halogens is 2. The van der Waals surface area contributed by atoms with E-state index in [4.69, 9.17) is 0 Å². The van der Waals surface area contributed by atoms with Gasteiger partial charge < -0.3 is 0 Å². The van der Waals surface area contributed by atoms with E-state index >= 15 is 0 Å². The van der Waals surface area contributed by atoms with Gasteiger partial charge in [-0.2, -0.15) is 5.26 Å². The van der Waals surface area contributed by atoms with Gasteiger partial charge in [0.05, 0.1) is 4.53 Å². The van der Waals surface area contributed by atoms with Crippen LogP contribution >= 0.6 is 11.3 Å². The van der Waals surface area contributed by atoms with E-state index in [0.29, 0.717) is 5.56 Å². The summed E-state index contributed by atoms with van der Waals surface area (Å²) < 4.78 is 28.3. The average Bonchev–Trinajstić information content (AvgIpc) is 2.86. The number of nitriles is 1. The van der Waals surface area contributed by atoms with Crippen LogP contribution in [0.25, 0.3) is 11.6 Å². The Kier molecular flexibility index (Phi) is 5.57. The fraction of sp³-hybridized carbons (Fsp3) is 0.316. The number of hydrogen-bond donors (Lipinski definition) is 0. The van der Waals surface area contributed by atoms with E-state index < -0.39 is 17.0 Å². The molecule has 7 heteroatoms. The minimum atomic E-state index is -1.02. The molecule has 0 aliphatic heterocycles. The van der Waals surface area contributed by atoms with Crippen LogP contribution in [-0.4, -0.2) is 10.4 Å². The van der Waals surface area contributed by atoms with Gasteiger partial charge in [0.15, 0.2) is 17.4 Å². The maximum atomic E-state index is 13.4. The van der Waals surface area contributed by atoms with Gasteiger partial charge in [-0.3, -0.25) is 14.2 Å². The Morgan fingerprint density at radius 3 is 2.46 bits per heavy atom. The van der Waals surface area contributed by atoms with Crippen LogP contribution in [0.5, 0.6) is 0 Å². The van der Waals surface area contributed by atoms with E-state index in [1.807, 2.05) is 6.07 Å². The largest absolute Gasteiger partial charge is 0.298 e. The van der Waals surface area contributed by atoms with Gasteiger partial charge in [0.2, 0.25) is 0 Å². The molecule has 0 saturated carbocycles. The van der Waals surface area contributed by atoms with Crippen molar-refractivity contribution < 1.29 is 13.6 Å². The third kappa shape index (κ3) is 3.81. The standard InChI is InChI=1S/C19H18F2N2O2S/c1-5-23-17(25)15(9-11-6-7-13(20)14(21)8-11)26-18(23)12(10-22)16(24)19(2,3)4/h6-9H,5H2,1-4H3. The van der Waals surface area contributed by atoms with E-state index in [-0.39, 0.29) is 32.7 Å². The van der Waals surface area contributed by atoms with Crippen molar-refractivity contribution in [3.63, 3.8) is 0 Å². The Morgan fingerprint density at radius 1 is 1.31 bits per heavy atom. The number of thiazole rings is 1. The van der Waals surface area contributed by atoms with Crippen molar-refractivity contribution in [1.82, 2.24) is 4.57 Å². The van der Waals surface area contributed by atoms with Crippen LogP contribution < -0.4 is 14.8 Å². The Labute approximate surface area is 153 Å². The van der Waals surface area contributed by atoms with Crippen molar-refractivity contribution in [2.45, 2.75) is 34.2 Å². The third-order valence-electron chi connectivity index (χ3n) is 3.70. The topological polar surface area (TPSA) is 62.9 Å². The molecule has 0 amide bonds. The highest BCUT2D eigenvalue weighted by Crippen LogP contribution is 2.19. The van der Waals surface area contributed by atoms with E-state index in [1.165, 1.54) is 16.7 Å². The first-order chi connectivity index (χ1) is 12.1. The fourth-order valence-electron chi connectivity index (χ4n) is 2.32. The highest BCUT2D eigenvalue weighted by Gasteiger charge is 2.27. The maximum Gasteiger partial charge on any atom is 0.269 e. The molecule has 0 radical (unpaired) electrons. The van der Waals surface area contributed by atoms with Gasteiger partial charge in [-0.05, 0) is 30.7 Å². The molecule has 0 N–H and O–H groups in total. The van der Waals surface area contributed by atoms with Gasteiger partial charge >= 0.3 is 0 Å². The van der Waals surface area contributed by atoms with Crippen LogP contribution in [0.4, 0.5) is 8.78 Å². The quantitative estimate of drug-likeness (QED) is 0.826. The number of ketones is 1. The Balaban J connectivity index is 2.82. The summed E-state index contributed by atoms with van der Waals surface area (Å²) in [5.41, 5.74) is -0.913. The Bertz CT molecular complexity index is 1080. The van der Waals surface area contributed by atoms with E-state index in [2.05, 4.69) is 0 Å². The molecule has 4 nitrogen and oxygen atoms in total. The van der Waals surface area contributed by atoms with Crippen molar-refractivity contribution in [3.05, 3.63) is 54.9 Å². The number of carbonyl (C=O) groups excluding carboxylic acids is 1. The van der Waals surface area contributed by atoms with Crippen LogP contribution in [0, 0.1) is 28.4 Å². The van der Waals surface area contributed by atoms with Crippen LogP contribution in [0.2, 0.25) is 0 Å². The van der Waals surface area contributed by atoms with Gasteiger partial charge in [0.25, 0.3) is 5.56 Å². The Morgan fingerprint density at radius 2 is 1.96 bits per heavy atom. The van der Waals surface area contributed by atoms with Crippen molar-refractivity contribution >= 4 is 28.8 Å². The van der Waals surface area contributed by atoms with Crippen molar-refractivity contribution in [2.75, 3.05) is 0 Å². The second kappa shape index (κ2) is 7.34. The lowest BCUT2D eigenvalue weighted by atomic mass is 9.87. The molecule has 2 rings (SSSR count). The van der Waals surface area contributed by atoms with Gasteiger partial charge in [-0.25, -0.2) is 8.78 Å². The lowest BCUT2D eigenvalue weighted by molar-refractivity contribution is -0.120. The van der Waals surface area contributed by atoms with Gasteiger partial charge in [0.1, 0.15) is 16.3 Å². The average molecular weight is 376 g/mol. The number of nitrogens with zero attached hydrogens (tertiary/aromatic N) is 2. The lowest BCUT2D eigenvalue weighted by Crippen LogP contribution is -2.33. The first-order valence-electron chi connectivity index (χ1n) is 7.95. The molecular formula is C19H18F2N2O2S. The summed E-state index contributed by atoms with van der Waals surface area (Å²) in [6, 6.07) is 5.23. The minimum absolute atomic E-state index is 0.0774. The van der Waals surface area contributed by atoms with Crippen LogP contribution in [0.1, 0.15) is 33.3 Å². The molecule has 0 aliphatic rings. The van der Waals surface area contributed by atoms with Gasteiger partial charge in [-0.1, -0.05) is 26.8 Å². The molecule has 0 fully saturated rings. The first-order valence-corrected chi connectivity index (χ1v) is 8.77. The van der Waals surface area contributed by atoms with Crippen molar-refractivity contribution in [1.29, 1.82) is 5.26 Å². The maximum absolute atomic E-state index is 13.4. The number of carbonyl (C=O) groups is 1.